The summed E-state index contributed by atoms with van der Waals surface area (Å²) in [5.74, 6) is -2.88. The Bertz CT molecular complexity index is 780. The van der Waals surface area contributed by atoms with Crippen LogP contribution in [0.4, 0.5) is 0 Å². The molecule has 166 valence electrons. The Morgan fingerprint density at radius 2 is 1.80 bits per heavy atom. The molecule has 1 aliphatic carbocycles. The highest BCUT2D eigenvalue weighted by molar-refractivity contribution is 5.84. The minimum Gasteiger partial charge on any atom is -0.479 e. The van der Waals surface area contributed by atoms with Crippen LogP contribution < -0.4 is 0 Å². The number of aliphatic hydroxyl groups is 2. The van der Waals surface area contributed by atoms with Gasteiger partial charge in [-0.05, 0) is 57.1 Å². The van der Waals surface area contributed by atoms with Crippen molar-refractivity contribution >= 4 is 11.9 Å². The maximum Gasteiger partial charge on any atom is 0.338 e. The molecular weight excluding hydrogens is 384 g/mol. The zero-order valence-corrected chi connectivity index (χ0v) is 18.5. The Morgan fingerprint density at radius 3 is 2.40 bits per heavy atom. The molecule has 1 rings (SSSR count). The number of carboxylic acids is 1. The fourth-order valence-electron chi connectivity index (χ4n) is 3.30. The van der Waals surface area contributed by atoms with Gasteiger partial charge < -0.3 is 20.1 Å². The number of esters is 1. The first-order valence-corrected chi connectivity index (χ1v) is 10.1. The monoisotopic (exact) mass is 418 g/mol. The van der Waals surface area contributed by atoms with Crippen LogP contribution in [0.5, 0.6) is 0 Å². The zero-order valence-electron chi connectivity index (χ0n) is 18.5. The third-order valence-electron chi connectivity index (χ3n) is 5.20. The number of aliphatic carboxylic acids is 1. The second kappa shape index (κ2) is 11.7. The van der Waals surface area contributed by atoms with Gasteiger partial charge in [-0.2, -0.15) is 0 Å². The number of aliphatic hydroxyl groups excluding tert-OH is 2. The minimum atomic E-state index is -2.21. The summed E-state index contributed by atoms with van der Waals surface area (Å²) in [5, 5.41) is 27.0. The van der Waals surface area contributed by atoms with Crippen LogP contribution in [0.3, 0.4) is 0 Å². The maximum atomic E-state index is 11.5. The molecule has 1 aliphatic rings. The summed E-state index contributed by atoms with van der Waals surface area (Å²) in [5.41, 5.74) is 5.02. The lowest BCUT2D eigenvalue weighted by Crippen LogP contribution is -2.40. The van der Waals surface area contributed by atoms with E-state index in [4.69, 9.17) is 14.9 Å². The van der Waals surface area contributed by atoms with E-state index in [1.165, 1.54) is 24.0 Å². The Morgan fingerprint density at radius 1 is 1.13 bits per heavy atom. The number of hydrogen-bond donors (Lipinski definition) is 3. The Kier molecular flexibility index (Phi) is 9.96. The molecule has 0 aliphatic heterocycles. The molecular formula is C24H34O6. The average molecular weight is 419 g/mol. The van der Waals surface area contributed by atoms with Crippen LogP contribution in [-0.4, -0.2) is 46.1 Å². The molecule has 0 bridgehead atoms. The average Bonchev–Trinajstić information content (AvgIpc) is 2.65. The van der Waals surface area contributed by atoms with Gasteiger partial charge in [-0.15, -0.1) is 0 Å². The number of rotatable bonds is 9. The van der Waals surface area contributed by atoms with E-state index in [2.05, 4.69) is 32.9 Å². The quantitative estimate of drug-likeness (QED) is 0.388. The molecule has 0 spiro atoms. The Balaban J connectivity index is 2.60. The number of ether oxygens (including phenoxy) is 1. The summed E-state index contributed by atoms with van der Waals surface area (Å²) in [6.07, 6.45) is 11.0. The third-order valence-corrected chi connectivity index (χ3v) is 5.20. The van der Waals surface area contributed by atoms with Crippen molar-refractivity contribution in [1.29, 1.82) is 0 Å². The highest BCUT2D eigenvalue weighted by atomic mass is 16.5. The first-order chi connectivity index (χ1) is 14.0. The van der Waals surface area contributed by atoms with Gasteiger partial charge in [-0.3, -0.25) is 0 Å². The molecule has 0 aromatic carbocycles. The number of carbonyl (C=O) groups excluding carboxylic acids is 1. The van der Waals surface area contributed by atoms with Crippen molar-refractivity contribution in [2.24, 2.45) is 5.41 Å². The normalized spacial score (nSPS) is 20.0. The Labute approximate surface area is 178 Å². The second-order valence-corrected chi connectivity index (χ2v) is 8.34. The molecule has 30 heavy (non-hydrogen) atoms. The lowest BCUT2D eigenvalue weighted by Gasteiger charge is -2.32. The molecule has 0 saturated carbocycles. The van der Waals surface area contributed by atoms with Crippen LogP contribution in [0, 0.1) is 5.41 Å². The third kappa shape index (κ3) is 8.13. The van der Waals surface area contributed by atoms with Crippen LogP contribution in [0.25, 0.3) is 0 Å². The van der Waals surface area contributed by atoms with E-state index >= 15 is 0 Å². The van der Waals surface area contributed by atoms with E-state index in [9.17, 15) is 14.7 Å². The molecule has 0 radical (unpaired) electrons. The number of hydrogen-bond acceptors (Lipinski definition) is 5. The van der Waals surface area contributed by atoms with Crippen molar-refractivity contribution < 1.29 is 29.6 Å². The van der Waals surface area contributed by atoms with Crippen LogP contribution in [0.15, 0.2) is 58.7 Å². The predicted molar refractivity (Wildman–Crippen MR) is 117 cm³/mol. The summed E-state index contributed by atoms with van der Waals surface area (Å²) in [4.78, 5) is 22.0. The van der Waals surface area contributed by atoms with Crippen LogP contribution in [-0.2, 0) is 14.3 Å². The van der Waals surface area contributed by atoms with Crippen molar-refractivity contribution in [3.05, 3.63) is 58.7 Å². The van der Waals surface area contributed by atoms with Gasteiger partial charge in [-0.1, -0.05) is 60.9 Å². The smallest absolute Gasteiger partial charge is 0.338 e. The van der Waals surface area contributed by atoms with E-state index in [0.717, 1.165) is 17.6 Å². The molecule has 6 heteroatoms. The van der Waals surface area contributed by atoms with Crippen molar-refractivity contribution in [2.45, 2.75) is 66.1 Å². The van der Waals surface area contributed by atoms with Gasteiger partial charge in [-0.25, -0.2) is 9.59 Å². The SMILES string of the molecule is CC(C=CC1=C(C)CCCC1(C)C)=CC=CC(C)=CCOC(=O)C(O)C(O)C(=O)O. The van der Waals surface area contributed by atoms with Crippen LogP contribution in [0.2, 0.25) is 0 Å². The minimum absolute atomic E-state index is 0.135. The summed E-state index contributed by atoms with van der Waals surface area (Å²) in [6, 6.07) is 0. The molecule has 0 aromatic rings. The fourth-order valence-corrected chi connectivity index (χ4v) is 3.30. The van der Waals surface area contributed by atoms with Gasteiger partial charge in [0, 0.05) is 0 Å². The van der Waals surface area contributed by atoms with Crippen molar-refractivity contribution in [1.82, 2.24) is 0 Å². The van der Waals surface area contributed by atoms with E-state index in [1.807, 2.05) is 32.1 Å². The molecule has 0 aromatic heterocycles. The summed E-state index contributed by atoms with van der Waals surface area (Å²) in [7, 11) is 0. The van der Waals surface area contributed by atoms with E-state index in [-0.39, 0.29) is 12.0 Å². The predicted octanol–water partition coefficient (Wildman–Crippen LogP) is 3.87. The first kappa shape index (κ1) is 25.6. The second-order valence-electron chi connectivity index (χ2n) is 8.34. The standard InChI is InChI=1S/C24H34O6/c1-16(11-12-19-18(3)10-7-14-24(19,4)5)8-6-9-17(2)13-15-30-23(29)21(26)20(25)22(27)28/h6,8-9,11-13,20-21,25-26H,7,10,14-15H2,1-5H3,(H,27,28). The molecule has 0 amide bonds. The topological polar surface area (TPSA) is 104 Å². The lowest BCUT2D eigenvalue weighted by molar-refractivity contribution is -0.169. The van der Waals surface area contributed by atoms with Gasteiger partial charge in [0.25, 0.3) is 0 Å². The summed E-state index contributed by atoms with van der Waals surface area (Å²) >= 11 is 0. The first-order valence-electron chi connectivity index (χ1n) is 10.1. The zero-order chi connectivity index (χ0) is 22.9. The van der Waals surface area contributed by atoms with Gasteiger partial charge in [0.05, 0.1) is 0 Å². The van der Waals surface area contributed by atoms with E-state index < -0.39 is 24.1 Å². The number of allylic oxidation sites excluding steroid dienone is 9. The van der Waals surface area contributed by atoms with Gasteiger partial charge in [0.2, 0.25) is 0 Å². The summed E-state index contributed by atoms with van der Waals surface area (Å²) in [6.45, 7) is 10.5. The van der Waals surface area contributed by atoms with Crippen molar-refractivity contribution in [3.8, 4) is 0 Å². The van der Waals surface area contributed by atoms with Gasteiger partial charge in [0.1, 0.15) is 6.61 Å². The molecule has 6 nitrogen and oxygen atoms in total. The summed E-state index contributed by atoms with van der Waals surface area (Å²) < 4.78 is 4.75. The molecule has 2 atom stereocenters. The molecule has 0 saturated heterocycles. The van der Waals surface area contributed by atoms with E-state index in [1.54, 1.807) is 6.08 Å². The Hall–Kier alpha value is -2.44. The lowest BCUT2D eigenvalue weighted by atomic mass is 9.72. The van der Waals surface area contributed by atoms with Crippen molar-refractivity contribution in [2.75, 3.05) is 6.61 Å². The van der Waals surface area contributed by atoms with Crippen LogP contribution >= 0.6 is 0 Å². The molecule has 3 N–H and O–H groups in total. The molecule has 2 unspecified atom stereocenters. The fraction of sp³-hybridized carbons (Fsp3) is 0.500. The highest BCUT2D eigenvalue weighted by Crippen LogP contribution is 2.40. The molecule has 0 heterocycles. The number of carboxylic acid groups (broad SMARTS) is 1. The van der Waals surface area contributed by atoms with Gasteiger partial charge in [0.15, 0.2) is 12.2 Å². The maximum absolute atomic E-state index is 11.5. The molecule has 0 fully saturated rings. The van der Waals surface area contributed by atoms with Crippen molar-refractivity contribution in [3.63, 3.8) is 0 Å². The largest absolute Gasteiger partial charge is 0.479 e. The van der Waals surface area contributed by atoms with Gasteiger partial charge >= 0.3 is 11.9 Å². The van der Waals surface area contributed by atoms with Crippen LogP contribution in [0.1, 0.15) is 53.9 Å². The highest BCUT2D eigenvalue weighted by Gasteiger charge is 2.31. The number of carbonyl (C=O) groups is 2. The van der Waals surface area contributed by atoms with E-state index in [0.29, 0.717) is 0 Å².